The van der Waals surface area contributed by atoms with E-state index in [1.165, 1.54) is 11.1 Å². The second-order valence-corrected chi connectivity index (χ2v) is 6.91. The Labute approximate surface area is 140 Å². The highest BCUT2D eigenvalue weighted by Crippen LogP contribution is 2.24. The molecule has 0 saturated carbocycles. The van der Waals surface area contributed by atoms with Crippen molar-refractivity contribution in [1.29, 1.82) is 0 Å². The van der Waals surface area contributed by atoms with Crippen molar-refractivity contribution in [3.05, 3.63) is 69.7 Å². The Kier molecular flexibility index (Phi) is 4.63. The van der Waals surface area contributed by atoms with Crippen molar-refractivity contribution >= 4 is 21.8 Å². The van der Waals surface area contributed by atoms with Crippen LogP contribution in [-0.4, -0.2) is 23.4 Å². The van der Waals surface area contributed by atoms with Crippen molar-refractivity contribution in [1.82, 2.24) is 4.90 Å². The van der Waals surface area contributed by atoms with Crippen LogP contribution in [0.1, 0.15) is 34.3 Å². The van der Waals surface area contributed by atoms with Crippen molar-refractivity contribution in [3.63, 3.8) is 0 Å². The van der Waals surface area contributed by atoms with E-state index in [1.807, 2.05) is 29.2 Å². The SMILES string of the molecule is Cc1ccc(CC2CCCN2C(=O)c2cccc(Br)c2)cc1. The molecule has 0 N–H and O–H groups in total. The topological polar surface area (TPSA) is 20.3 Å². The molecular formula is C19H20BrNO. The van der Waals surface area contributed by atoms with Gasteiger partial charge in [-0.1, -0.05) is 51.8 Å². The molecule has 1 heterocycles. The highest BCUT2D eigenvalue weighted by molar-refractivity contribution is 9.10. The molecule has 2 aromatic carbocycles. The molecule has 1 atom stereocenters. The Morgan fingerprint density at radius 2 is 2.00 bits per heavy atom. The predicted octanol–water partition coefficient (Wildman–Crippen LogP) is 4.60. The Morgan fingerprint density at radius 1 is 1.23 bits per heavy atom. The monoisotopic (exact) mass is 357 g/mol. The molecular weight excluding hydrogens is 338 g/mol. The lowest BCUT2D eigenvalue weighted by Gasteiger charge is -2.25. The third-order valence-electron chi connectivity index (χ3n) is 4.30. The van der Waals surface area contributed by atoms with E-state index < -0.39 is 0 Å². The van der Waals surface area contributed by atoms with Crippen LogP contribution in [0.5, 0.6) is 0 Å². The number of aryl methyl sites for hydroxylation is 1. The number of amides is 1. The summed E-state index contributed by atoms with van der Waals surface area (Å²) in [6, 6.07) is 16.6. The standard InChI is InChI=1S/C19H20BrNO/c1-14-7-9-15(10-8-14)12-18-6-3-11-21(18)19(22)16-4-2-5-17(20)13-16/h2,4-5,7-10,13,18H,3,6,11-12H2,1H3. The third-order valence-corrected chi connectivity index (χ3v) is 4.79. The number of halogens is 1. The van der Waals surface area contributed by atoms with Gasteiger partial charge in [0.2, 0.25) is 0 Å². The van der Waals surface area contributed by atoms with Gasteiger partial charge in [-0.3, -0.25) is 4.79 Å². The van der Waals surface area contributed by atoms with Gasteiger partial charge in [0.1, 0.15) is 0 Å². The Bertz CT molecular complexity index is 665. The van der Waals surface area contributed by atoms with Gasteiger partial charge in [-0.05, 0) is 49.9 Å². The molecule has 0 radical (unpaired) electrons. The van der Waals surface area contributed by atoms with E-state index in [2.05, 4.69) is 47.1 Å². The molecule has 0 aliphatic carbocycles. The molecule has 0 spiro atoms. The summed E-state index contributed by atoms with van der Waals surface area (Å²) in [5.74, 6) is 0.149. The van der Waals surface area contributed by atoms with E-state index in [1.54, 1.807) is 0 Å². The fraction of sp³-hybridized carbons (Fsp3) is 0.316. The van der Waals surface area contributed by atoms with Gasteiger partial charge in [0.05, 0.1) is 0 Å². The summed E-state index contributed by atoms with van der Waals surface area (Å²) in [6.45, 7) is 2.96. The zero-order valence-corrected chi connectivity index (χ0v) is 14.3. The van der Waals surface area contributed by atoms with E-state index in [4.69, 9.17) is 0 Å². The number of carbonyl (C=O) groups is 1. The number of carbonyl (C=O) groups excluding carboxylic acids is 1. The normalized spacial score (nSPS) is 17.7. The molecule has 0 bridgehead atoms. The Balaban J connectivity index is 1.75. The first-order valence-corrected chi connectivity index (χ1v) is 8.55. The zero-order valence-electron chi connectivity index (χ0n) is 12.8. The molecule has 3 rings (SSSR count). The molecule has 1 saturated heterocycles. The van der Waals surface area contributed by atoms with Gasteiger partial charge in [0, 0.05) is 22.6 Å². The molecule has 3 heteroatoms. The van der Waals surface area contributed by atoms with Crippen LogP contribution >= 0.6 is 15.9 Å². The first-order valence-electron chi connectivity index (χ1n) is 7.75. The first-order chi connectivity index (χ1) is 10.6. The van der Waals surface area contributed by atoms with E-state index in [0.29, 0.717) is 6.04 Å². The molecule has 1 fully saturated rings. The minimum absolute atomic E-state index is 0.149. The maximum absolute atomic E-state index is 12.8. The van der Waals surface area contributed by atoms with E-state index in [0.717, 1.165) is 35.8 Å². The van der Waals surface area contributed by atoms with Crippen LogP contribution in [0.4, 0.5) is 0 Å². The third kappa shape index (κ3) is 3.41. The molecule has 1 amide bonds. The Hall–Kier alpha value is -1.61. The highest BCUT2D eigenvalue weighted by atomic mass is 79.9. The predicted molar refractivity (Wildman–Crippen MR) is 93.1 cm³/mol. The van der Waals surface area contributed by atoms with Gasteiger partial charge in [0.15, 0.2) is 0 Å². The average molecular weight is 358 g/mol. The van der Waals surface area contributed by atoms with Gasteiger partial charge < -0.3 is 4.90 Å². The van der Waals surface area contributed by atoms with Gasteiger partial charge in [0.25, 0.3) is 5.91 Å². The van der Waals surface area contributed by atoms with Gasteiger partial charge in [-0.25, -0.2) is 0 Å². The minimum Gasteiger partial charge on any atom is -0.335 e. The molecule has 1 aliphatic rings. The number of rotatable bonds is 3. The second kappa shape index (κ2) is 6.66. The smallest absolute Gasteiger partial charge is 0.254 e. The average Bonchev–Trinajstić information content (AvgIpc) is 2.97. The summed E-state index contributed by atoms with van der Waals surface area (Å²) in [6.07, 6.45) is 3.13. The molecule has 114 valence electrons. The molecule has 1 unspecified atom stereocenters. The fourth-order valence-electron chi connectivity index (χ4n) is 3.10. The largest absolute Gasteiger partial charge is 0.335 e. The molecule has 0 aromatic heterocycles. The number of nitrogens with zero attached hydrogens (tertiary/aromatic N) is 1. The van der Waals surface area contributed by atoms with Gasteiger partial charge in [-0.2, -0.15) is 0 Å². The lowest BCUT2D eigenvalue weighted by Crippen LogP contribution is -2.36. The molecule has 22 heavy (non-hydrogen) atoms. The van der Waals surface area contributed by atoms with E-state index in [9.17, 15) is 4.79 Å². The lowest BCUT2D eigenvalue weighted by atomic mass is 10.0. The second-order valence-electron chi connectivity index (χ2n) is 5.99. The number of hydrogen-bond donors (Lipinski definition) is 0. The summed E-state index contributed by atoms with van der Waals surface area (Å²) >= 11 is 3.44. The fourth-order valence-corrected chi connectivity index (χ4v) is 3.50. The quantitative estimate of drug-likeness (QED) is 0.785. The summed E-state index contributed by atoms with van der Waals surface area (Å²) in [5.41, 5.74) is 3.35. The summed E-state index contributed by atoms with van der Waals surface area (Å²) in [7, 11) is 0. The number of hydrogen-bond acceptors (Lipinski definition) is 1. The van der Waals surface area contributed by atoms with Crippen LogP contribution in [0.25, 0.3) is 0 Å². The van der Waals surface area contributed by atoms with Crippen LogP contribution in [0.15, 0.2) is 53.0 Å². The molecule has 1 aliphatic heterocycles. The van der Waals surface area contributed by atoms with E-state index >= 15 is 0 Å². The summed E-state index contributed by atoms with van der Waals surface area (Å²) < 4.78 is 0.952. The lowest BCUT2D eigenvalue weighted by molar-refractivity contribution is 0.0736. The van der Waals surface area contributed by atoms with Crippen molar-refractivity contribution in [3.8, 4) is 0 Å². The van der Waals surface area contributed by atoms with Crippen molar-refractivity contribution in [2.75, 3.05) is 6.54 Å². The van der Waals surface area contributed by atoms with Crippen molar-refractivity contribution in [2.45, 2.75) is 32.2 Å². The maximum atomic E-state index is 12.8. The Morgan fingerprint density at radius 3 is 2.73 bits per heavy atom. The van der Waals surface area contributed by atoms with Crippen LogP contribution in [-0.2, 0) is 6.42 Å². The van der Waals surface area contributed by atoms with Crippen LogP contribution in [0, 0.1) is 6.92 Å². The summed E-state index contributed by atoms with van der Waals surface area (Å²) in [5, 5.41) is 0. The van der Waals surface area contributed by atoms with E-state index in [-0.39, 0.29) is 5.91 Å². The maximum Gasteiger partial charge on any atom is 0.254 e. The molecule has 2 nitrogen and oxygen atoms in total. The highest BCUT2D eigenvalue weighted by Gasteiger charge is 2.29. The van der Waals surface area contributed by atoms with Gasteiger partial charge in [-0.15, -0.1) is 0 Å². The minimum atomic E-state index is 0.149. The first kappa shape index (κ1) is 15.3. The molecule has 2 aromatic rings. The number of benzene rings is 2. The van der Waals surface area contributed by atoms with Crippen LogP contribution in [0.3, 0.4) is 0 Å². The van der Waals surface area contributed by atoms with Crippen LogP contribution < -0.4 is 0 Å². The van der Waals surface area contributed by atoms with Crippen molar-refractivity contribution < 1.29 is 4.79 Å². The number of likely N-dealkylation sites (tertiary alicyclic amines) is 1. The summed E-state index contributed by atoms with van der Waals surface area (Å²) in [4.78, 5) is 14.8. The zero-order chi connectivity index (χ0) is 15.5. The van der Waals surface area contributed by atoms with Crippen LogP contribution in [0.2, 0.25) is 0 Å². The van der Waals surface area contributed by atoms with Gasteiger partial charge >= 0.3 is 0 Å². The van der Waals surface area contributed by atoms with Crippen molar-refractivity contribution in [2.24, 2.45) is 0 Å².